The van der Waals surface area contributed by atoms with Crippen molar-refractivity contribution >= 4 is 17.5 Å². The molecule has 2 aliphatic rings. The molecule has 0 bridgehead atoms. The molecule has 2 aliphatic heterocycles. The van der Waals surface area contributed by atoms with Gasteiger partial charge in [0.15, 0.2) is 5.79 Å². The monoisotopic (exact) mass is 357 g/mol. The number of carbonyl (C=O) groups is 2. The highest BCUT2D eigenvalue weighted by Gasteiger charge is 2.45. The lowest BCUT2D eigenvalue weighted by atomic mass is 9.88. The van der Waals surface area contributed by atoms with Gasteiger partial charge in [-0.3, -0.25) is 9.59 Å². The van der Waals surface area contributed by atoms with Gasteiger partial charge in [-0.1, -0.05) is 6.07 Å². The van der Waals surface area contributed by atoms with Gasteiger partial charge in [0.25, 0.3) is 0 Å². The highest BCUT2D eigenvalue weighted by molar-refractivity contribution is 6.09. The van der Waals surface area contributed by atoms with Crippen LogP contribution in [0, 0.1) is 16.7 Å². The zero-order valence-electron chi connectivity index (χ0n) is 15.1. The van der Waals surface area contributed by atoms with E-state index in [0.717, 1.165) is 0 Å². The zero-order valence-corrected chi connectivity index (χ0v) is 15.1. The highest BCUT2D eigenvalue weighted by atomic mass is 16.7. The summed E-state index contributed by atoms with van der Waals surface area (Å²) in [5.74, 6) is -1.17. The van der Waals surface area contributed by atoms with Gasteiger partial charge in [-0.05, 0) is 32.0 Å². The molecule has 138 valence electrons. The Kier molecular flexibility index (Phi) is 4.99. The van der Waals surface area contributed by atoms with Crippen molar-refractivity contribution in [3.8, 4) is 6.07 Å². The molecule has 2 amide bonds. The number of ether oxygens (including phenoxy) is 2. The molecule has 2 heterocycles. The second kappa shape index (κ2) is 7.06. The Balaban J connectivity index is 1.64. The first-order chi connectivity index (χ1) is 12.4. The van der Waals surface area contributed by atoms with Crippen molar-refractivity contribution in [3.05, 3.63) is 29.8 Å². The lowest BCUT2D eigenvalue weighted by Gasteiger charge is -2.40. The topological polar surface area (TPSA) is 91.7 Å². The van der Waals surface area contributed by atoms with E-state index in [9.17, 15) is 9.59 Å². The van der Waals surface area contributed by atoms with E-state index >= 15 is 0 Å². The van der Waals surface area contributed by atoms with Crippen molar-refractivity contribution in [2.75, 3.05) is 31.6 Å². The van der Waals surface area contributed by atoms with Crippen molar-refractivity contribution in [1.29, 1.82) is 5.26 Å². The van der Waals surface area contributed by atoms with Crippen molar-refractivity contribution in [3.63, 3.8) is 0 Å². The fourth-order valence-electron chi connectivity index (χ4n) is 3.28. The molecule has 1 aromatic carbocycles. The summed E-state index contributed by atoms with van der Waals surface area (Å²) in [6, 6.07) is 8.65. The first kappa shape index (κ1) is 18.4. The summed E-state index contributed by atoms with van der Waals surface area (Å²) < 4.78 is 11.4. The van der Waals surface area contributed by atoms with Crippen molar-refractivity contribution in [2.45, 2.75) is 32.5 Å². The van der Waals surface area contributed by atoms with Gasteiger partial charge in [0, 0.05) is 31.6 Å². The molecule has 7 nitrogen and oxygen atoms in total. The Hall–Kier alpha value is -2.43. The number of nitriles is 1. The third-order valence-electron chi connectivity index (χ3n) is 4.98. The van der Waals surface area contributed by atoms with Crippen LogP contribution in [0.15, 0.2) is 24.3 Å². The van der Waals surface area contributed by atoms with Crippen LogP contribution in [-0.2, 0) is 19.1 Å². The minimum absolute atomic E-state index is 0.223. The average Bonchev–Trinajstić information content (AvgIpc) is 3.10. The van der Waals surface area contributed by atoms with Gasteiger partial charge in [0.05, 0.1) is 24.8 Å². The van der Waals surface area contributed by atoms with Gasteiger partial charge in [0.1, 0.15) is 5.41 Å². The number of hydrogen-bond acceptors (Lipinski definition) is 5. The largest absolute Gasteiger partial charge is 0.347 e. The number of hydrogen-bond donors (Lipinski definition) is 1. The number of carbonyl (C=O) groups excluding carboxylic acids is 2. The average molecular weight is 357 g/mol. The molecule has 1 spiro atoms. The van der Waals surface area contributed by atoms with Gasteiger partial charge in [-0.2, -0.15) is 5.26 Å². The van der Waals surface area contributed by atoms with E-state index in [4.69, 9.17) is 14.7 Å². The third kappa shape index (κ3) is 3.57. The number of rotatable bonds is 3. The van der Waals surface area contributed by atoms with Crippen molar-refractivity contribution in [1.82, 2.24) is 4.90 Å². The van der Waals surface area contributed by atoms with E-state index in [-0.39, 0.29) is 5.91 Å². The molecule has 0 saturated carbocycles. The Morgan fingerprint density at radius 2 is 1.88 bits per heavy atom. The first-order valence-corrected chi connectivity index (χ1v) is 8.75. The lowest BCUT2D eigenvalue weighted by Crippen LogP contribution is -2.53. The van der Waals surface area contributed by atoms with Crippen LogP contribution in [0.1, 0.15) is 32.3 Å². The molecule has 3 rings (SSSR count). The number of anilines is 1. The van der Waals surface area contributed by atoms with E-state index in [0.29, 0.717) is 50.4 Å². The molecular weight excluding hydrogens is 334 g/mol. The molecule has 0 unspecified atom stereocenters. The van der Waals surface area contributed by atoms with E-state index in [1.807, 2.05) is 6.07 Å². The third-order valence-corrected chi connectivity index (χ3v) is 4.98. The molecule has 1 aromatic rings. The van der Waals surface area contributed by atoms with E-state index in [1.54, 1.807) is 43.0 Å². The van der Waals surface area contributed by atoms with Crippen molar-refractivity contribution < 1.29 is 19.1 Å². The highest BCUT2D eigenvalue weighted by Crippen LogP contribution is 2.33. The number of benzene rings is 1. The molecule has 0 radical (unpaired) electrons. The number of likely N-dealkylation sites (tertiary alicyclic amines) is 1. The standard InChI is InChI=1S/C19H23N3O4/c1-18(2,16(23)21-15-5-3-4-14(12-15)13-20)17(24)22-8-6-19(7-9-22)25-10-11-26-19/h3-5,12H,6-11H2,1-2H3,(H,21,23). The molecular formula is C19H23N3O4. The van der Waals surface area contributed by atoms with Crippen LogP contribution in [0.3, 0.4) is 0 Å². The fourth-order valence-corrected chi connectivity index (χ4v) is 3.28. The SMILES string of the molecule is CC(C)(C(=O)Nc1cccc(C#N)c1)C(=O)N1CCC2(CC1)OCCO2. The van der Waals surface area contributed by atoms with Crippen LogP contribution in [0.25, 0.3) is 0 Å². The van der Waals surface area contributed by atoms with E-state index < -0.39 is 17.1 Å². The predicted octanol–water partition coefficient (Wildman–Crippen LogP) is 1.89. The number of nitrogens with one attached hydrogen (secondary N) is 1. The van der Waals surface area contributed by atoms with Crippen LogP contribution in [0.4, 0.5) is 5.69 Å². The molecule has 0 atom stereocenters. The summed E-state index contributed by atoms with van der Waals surface area (Å²) in [5, 5.41) is 11.7. The van der Waals surface area contributed by atoms with Crippen LogP contribution < -0.4 is 5.32 Å². The maximum absolute atomic E-state index is 12.9. The van der Waals surface area contributed by atoms with Crippen molar-refractivity contribution in [2.24, 2.45) is 5.41 Å². The molecule has 1 N–H and O–H groups in total. The van der Waals surface area contributed by atoms with Crippen LogP contribution in [0.2, 0.25) is 0 Å². The normalized spacial score (nSPS) is 19.2. The number of nitrogens with zero attached hydrogens (tertiary/aromatic N) is 2. The second-order valence-corrected chi connectivity index (χ2v) is 7.17. The minimum Gasteiger partial charge on any atom is -0.347 e. The van der Waals surface area contributed by atoms with E-state index in [2.05, 4.69) is 5.32 Å². The number of piperidine rings is 1. The van der Waals surface area contributed by atoms with Crippen LogP contribution >= 0.6 is 0 Å². The zero-order chi connectivity index (χ0) is 18.8. The fraction of sp³-hybridized carbons (Fsp3) is 0.526. The Labute approximate surface area is 152 Å². The summed E-state index contributed by atoms with van der Waals surface area (Å²) in [6.07, 6.45) is 1.22. The van der Waals surface area contributed by atoms with Gasteiger partial charge in [0.2, 0.25) is 11.8 Å². The van der Waals surface area contributed by atoms with Gasteiger partial charge in [-0.15, -0.1) is 0 Å². The molecule has 0 aliphatic carbocycles. The second-order valence-electron chi connectivity index (χ2n) is 7.17. The maximum Gasteiger partial charge on any atom is 0.239 e. The summed E-state index contributed by atoms with van der Waals surface area (Å²) in [6.45, 7) is 5.41. The molecule has 2 fully saturated rings. The lowest BCUT2D eigenvalue weighted by molar-refractivity contribution is -0.189. The Bertz CT molecular complexity index is 737. The van der Waals surface area contributed by atoms with Gasteiger partial charge in [-0.25, -0.2) is 0 Å². The van der Waals surface area contributed by atoms with E-state index in [1.165, 1.54) is 0 Å². The summed E-state index contributed by atoms with van der Waals surface area (Å²) in [5.41, 5.74) is -0.269. The van der Waals surface area contributed by atoms with Gasteiger partial charge < -0.3 is 19.7 Å². The van der Waals surface area contributed by atoms with Crippen LogP contribution in [-0.4, -0.2) is 48.8 Å². The predicted molar refractivity (Wildman–Crippen MR) is 94.0 cm³/mol. The van der Waals surface area contributed by atoms with Crippen LogP contribution in [0.5, 0.6) is 0 Å². The summed E-state index contributed by atoms with van der Waals surface area (Å²) in [4.78, 5) is 27.3. The summed E-state index contributed by atoms with van der Waals surface area (Å²) in [7, 11) is 0. The summed E-state index contributed by atoms with van der Waals surface area (Å²) >= 11 is 0. The number of amides is 2. The molecule has 7 heteroatoms. The molecule has 2 saturated heterocycles. The molecule has 26 heavy (non-hydrogen) atoms. The molecule has 0 aromatic heterocycles. The first-order valence-electron chi connectivity index (χ1n) is 8.75. The maximum atomic E-state index is 12.9. The minimum atomic E-state index is -1.22. The van der Waals surface area contributed by atoms with Gasteiger partial charge >= 0.3 is 0 Å². The smallest absolute Gasteiger partial charge is 0.239 e. The Morgan fingerprint density at radius 1 is 1.23 bits per heavy atom. The quantitative estimate of drug-likeness (QED) is 0.834. The Morgan fingerprint density at radius 3 is 2.50 bits per heavy atom.